The molecule has 3 aromatic rings. The number of nitrogens with one attached hydrogen (secondary N) is 1. The second-order valence-electron chi connectivity index (χ2n) is 8.06. The first-order chi connectivity index (χ1) is 16.4. The molecule has 0 atom stereocenters. The Morgan fingerprint density at radius 3 is 2.26 bits per heavy atom. The van der Waals surface area contributed by atoms with Crippen LogP contribution in [0.25, 0.3) is 6.08 Å². The van der Waals surface area contributed by atoms with Crippen molar-refractivity contribution in [2.24, 2.45) is 0 Å². The summed E-state index contributed by atoms with van der Waals surface area (Å²) in [5.41, 5.74) is 4.33. The summed E-state index contributed by atoms with van der Waals surface area (Å²) < 4.78 is 11.4. The molecule has 1 amide bonds. The van der Waals surface area contributed by atoms with Crippen LogP contribution in [0.3, 0.4) is 0 Å². The van der Waals surface area contributed by atoms with Gasteiger partial charge in [-0.25, -0.2) is 0 Å². The summed E-state index contributed by atoms with van der Waals surface area (Å²) in [5.74, 6) is -0.0504. The molecular formula is C28H25NO5. The molecule has 0 saturated heterocycles. The van der Waals surface area contributed by atoms with Gasteiger partial charge in [-0.15, -0.1) is 0 Å². The minimum Gasteiger partial charge on any atom is -0.490 e. The molecule has 6 nitrogen and oxygen atoms in total. The predicted octanol–water partition coefficient (Wildman–Crippen LogP) is 5.18. The van der Waals surface area contributed by atoms with Crippen LogP contribution in [-0.2, 0) is 4.79 Å². The van der Waals surface area contributed by atoms with E-state index in [0.717, 1.165) is 16.8 Å². The van der Waals surface area contributed by atoms with E-state index in [-0.39, 0.29) is 29.7 Å². The summed E-state index contributed by atoms with van der Waals surface area (Å²) in [6.07, 6.45) is 1.56. The van der Waals surface area contributed by atoms with Crippen LogP contribution in [0, 0.1) is 13.8 Å². The highest BCUT2D eigenvalue weighted by Gasteiger charge is 2.32. The average molecular weight is 456 g/mol. The molecule has 0 aromatic heterocycles. The van der Waals surface area contributed by atoms with Gasteiger partial charge in [0.05, 0.1) is 12.2 Å². The lowest BCUT2D eigenvalue weighted by Crippen LogP contribution is -2.21. The fraction of sp³-hybridized carbons (Fsp3) is 0.179. The smallest absolute Gasteiger partial charge is 0.262 e. The van der Waals surface area contributed by atoms with Crippen LogP contribution in [0.15, 0.2) is 66.2 Å². The van der Waals surface area contributed by atoms with E-state index in [0.29, 0.717) is 34.8 Å². The van der Waals surface area contributed by atoms with Crippen molar-refractivity contribution in [3.63, 3.8) is 0 Å². The summed E-state index contributed by atoms with van der Waals surface area (Å²) >= 11 is 0. The number of anilines is 1. The molecule has 1 aliphatic carbocycles. The van der Waals surface area contributed by atoms with Crippen molar-refractivity contribution in [1.29, 1.82) is 0 Å². The standard InChI is InChI=1S/C28H25NO5/c1-4-33-25-15-19(14-22-27(31)20-7-5-6-8-21(20)28(22)32)11-12-24(25)34-16-26(30)29-23-13-17(2)9-10-18(23)3/h5-15H,4,16H2,1-3H3,(H,29,30). The Balaban J connectivity index is 1.50. The van der Waals surface area contributed by atoms with E-state index in [2.05, 4.69) is 5.32 Å². The maximum Gasteiger partial charge on any atom is 0.262 e. The highest BCUT2D eigenvalue weighted by molar-refractivity contribution is 6.41. The summed E-state index contributed by atoms with van der Waals surface area (Å²) in [7, 11) is 0. The fourth-order valence-electron chi connectivity index (χ4n) is 3.77. The Labute approximate surface area is 198 Å². The molecule has 0 saturated carbocycles. The molecule has 0 unspecified atom stereocenters. The number of amides is 1. The quantitative estimate of drug-likeness (QED) is 0.392. The third kappa shape index (κ3) is 4.76. The molecule has 6 heteroatoms. The molecule has 0 fully saturated rings. The molecule has 0 heterocycles. The van der Waals surface area contributed by atoms with Crippen molar-refractivity contribution in [2.45, 2.75) is 20.8 Å². The van der Waals surface area contributed by atoms with Crippen molar-refractivity contribution in [2.75, 3.05) is 18.5 Å². The van der Waals surface area contributed by atoms with Gasteiger partial charge in [0.15, 0.2) is 29.7 Å². The molecule has 1 N–H and O–H groups in total. The van der Waals surface area contributed by atoms with Gasteiger partial charge in [0.25, 0.3) is 5.91 Å². The lowest BCUT2D eigenvalue weighted by atomic mass is 10.1. The fourth-order valence-corrected chi connectivity index (χ4v) is 3.77. The molecule has 0 radical (unpaired) electrons. The Bertz CT molecular complexity index is 1290. The number of Topliss-reactive ketones (excluding diaryl/α,β-unsaturated/α-hetero) is 2. The maximum atomic E-state index is 12.7. The van der Waals surface area contributed by atoms with Crippen LogP contribution >= 0.6 is 0 Å². The van der Waals surface area contributed by atoms with Crippen LogP contribution in [0.1, 0.15) is 44.3 Å². The lowest BCUT2D eigenvalue weighted by molar-refractivity contribution is -0.118. The van der Waals surface area contributed by atoms with Crippen molar-refractivity contribution in [1.82, 2.24) is 0 Å². The lowest BCUT2D eigenvalue weighted by Gasteiger charge is -2.14. The van der Waals surface area contributed by atoms with Gasteiger partial charge in [-0.3, -0.25) is 14.4 Å². The van der Waals surface area contributed by atoms with Gasteiger partial charge in [0.2, 0.25) is 0 Å². The van der Waals surface area contributed by atoms with Gasteiger partial charge in [-0.05, 0) is 61.7 Å². The van der Waals surface area contributed by atoms with E-state index in [1.165, 1.54) is 0 Å². The number of fused-ring (bicyclic) bond motifs is 1. The van der Waals surface area contributed by atoms with Crippen molar-refractivity contribution in [3.8, 4) is 11.5 Å². The summed E-state index contributed by atoms with van der Waals surface area (Å²) in [4.78, 5) is 37.8. The number of ether oxygens (including phenoxy) is 2. The van der Waals surface area contributed by atoms with Crippen LogP contribution < -0.4 is 14.8 Å². The number of hydrogen-bond acceptors (Lipinski definition) is 5. The number of aryl methyl sites for hydroxylation is 2. The topological polar surface area (TPSA) is 81.7 Å². The molecule has 172 valence electrons. The summed E-state index contributed by atoms with van der Waals surface area (Å²) in [5, 5.41) is 2.86. The highest BCUT2D eigenvalue weighted by Crippen LogP contribution is 2.32. The number of benzene rings is 3. The van der Waals surface area contributed by atoms with E-state index in [4.69, 9.17) is 9.47 Å². The number of allylic oxidation sites excluding steroid dienone is 1. The van der Waals surface area contributed by atoms with Gasteiger partial charge >= 0.3 is 0 Å². The Morgan fingerprint density at radius 2 is 1.59 bits per heavy atom. The molecule has 0 bridgehead atoms. The first-order valence-electron chi connectivity index (χ1n) is 11.0. The summed E-state index contributed by atoms with van der Waals surface area (Å²) in [6, 6.07) is 17.7. The zero-order valence-electron chi connectivity index (χ0n) is 19.3. The molecule has 0 aliphatic heterocycles. The molecule has 3 aromatic carbocycles. The monoisotopic (exact) mass is 455 g/mol. The van der Waals surface area contributed by atoms with Gasteiger partial charge in [0.1, 0.15) is 0 Å². The minimum atomic E-state index is -0.290. The average Bonchev–Trinajstić information content (AvgIpc) is 3.06. The van der Waals surface area contributed by atoms with Crippen LogP contribution in [0.5, 0.6) is 11.5 Å². The van der Waals surface area contributed by atoms with E-state index in [9.17, 15) is 14.4 Å². The predicted molar refractivity (Wildman–Crippen MR) is 131 cm³/mol. The van der Waals surface area contributed by atoms with Crippen LogP contribution in [0.2, 0.25) is 0 Å². The molecule has 0 spiro atoms. The van der Waals surface area contributed by atoms with Crippen molar-refractivity contribution >= 4 is 29.2 Å². The van der Waals surface area contributed by atoms with Crippen LogP contribution in [-0.4, -0.2) is 30.7 Å². The number of carbonyl (C=O) groups excluding carboxylic acids is 3. The Hall–Kier alpha value is -4.19. The summed E-state index contributed by atoms with van der Waals surface area (Å²) in [6.45, 7) is 5.91. The van der Waals surface area contributed by atoms with Gasteiger partial charge in [-0.1, -0.05) is 42.5 Å². The van der Waals surface area contributed by atoms with Gasteiger partial charge in [0, 0.05) is 16.8 Å². The number of carbonyl (C=O) groups is 3. The molecular weight excluding hydrogens is 430 g/mol. The van der Waals surface area contributed by atoms with Gasteiger partial charge < -0.3 is 14.8 Å². The normalized spacial score (nSPS) is 12.4. The zero-order valence-corrected chi connectivity index (χ0v) is 19.3. The first kappa shape index (κ1) is 23.0. The van der Waals surface area contributed by atoms with Crippen molar-refractivity contribution < 1.29 is 23.9 Å². The van der Waals surface area contributed by atoms with E-state index in [1.54, 1.807) is 48.5 Å². The number of rotatable bonds is 7. The van der Waals surface area contributed by atoms with Crippen molar-refractivity contribution in [3.05, 3.63) is 94.1 Å². The second kappa shape index (κ2) is 9.75. The first-order valence-corrected chi connectivity index (χ1v) is 11.0. The molecule has 1 aliphatic rings. The SMILES string of the molecule is CCOc1cc(C=C2C(=O)c3ccccc3C2=O)ccc1OCC(=O)Nc1cc(C)ccc1C. The maximum absolute atomic E-state index is 12.7. The minimum absolute atomic E-state index is 0.116. The molecule has 4 rings (SSSR count). The van der Waals surface area contributed by atoms with E-state index < -0.39 is 0 Å². The van der Waals surface area contributed by atoms with Crippen LogP contribution in [0.4, 0.5) is 5.69 Å². The zero-order chi connectivity index (χ0) is 24.2. The van der Waals surface area contributed by atoms with E-state index >= 15 is 0 Å². The number of ketones is 2. The Kier molecular flexibility index (Phi) is 6.59. The second-order valence-corrected chi connectivity index (χ2v) is 8.06. The largest absolute Gasteiger partial charge is 0.490 e. The highest BCUT2D eigenvalue weighted by atomic mass is 16.5. The van der Waals surface area contributed by atoms with E-state index in [1.807, 2.05) is 39.0 Å². The third-order valence-corrected chi connectivity index (χ3v) is 5.51. The number of hydrogen-bond donors (Lipinski definition) is 1. The Morgan fingerprint density at radius 1 is 0.882 bits per heavy atom. The van der Waals surface area contributed by atoms with Gasteiger partial charge in [-0.2, -0.15) is 0 Å². The third-order valence-electron chi connectivity index (χ3n) is 5.51. The molecule has 34 heavy (non-hydrogen) atoms.